The standard InChI is InChI=1S/C26H32N10O/c1-16(2)29-25-14-27-13-22(31-25)20-6-5-18-12-28-24(11-21(18)30-20)32-26(37)23-15-36(34-33-23)19-7-9-35(10-8-19)17(3)4/h5-6,11-17,19H,7-10H2,1-4H3,(H,29,31)(H,28,32,37). The van der Waals surface area contributed by atoms with Crippen LogP contribution < -0.4 is 10.6 Å². The molecule has 192 valence electrons. The van der Waals surface area contributed by atoms with Gasteiger partial charge in [-0.2, -0.15) is 0 Å². The van der Waals surface area contributed by atoms with Crippen molar-refractivity contribution in [2.24, 2.45) is 0 Å². The molecule has 37 heavy (non-hydrogen) atoms. The Hall–Kier alpha value is -3.99. The molecule has 0 bridgehead atoms. The first-order chi connectivity index (χ1) is 17.9. The number of rotatable bonds is 7. The smallest absolute Gasteiger partial charge is 0.278 e. The molecule has 5 rings (SSSR count). The lowest BCUT2D eigenvalue weighted by atomic mass is 10.0. The molecule has 0 radical (unpaired) electrons. The van der Waals surface area contributed by atoms with Gasteiger partial charge < -0.3 is 15.5 Å². The van der Waals surface area contributed by atoms with Crippen molar-refractivity contribution in [2.75, 3.05) is 23.7 Å². The van der Waals surface area contributed by atoms with E-state index in [0.717, 1.165) is 31.3 Å². The van der Waals surface area contributed by atoms with Crippen LogP contribution in [0.3, 0.4) is 0 Å². The molecule has 0 unspecified atom stereocenters. The lowest BCUT2D eigenvalue weighted by Crippen LogP contribution is -2.39. The number of aromatic nitrogens is 7. The molecule has 0 saturated carbocycles. The Kier molecular flexibility index (Phi) is 7.04. The molecule has 0 aromatic carbocycles. The van der Waals surface area contributed by atoms with Gasteiger partial charge in [0.05, 0.1) is 35.8 Å². The van der Waals surface area contributed by atoms with Crippen molar-refractivity contribution in [3.8, 4) is 11.4 Å². The number of hydrogen-bond donors (Lipinski definition) is 2. The molecule has 11 heteroatoms. The van der Waals surface area contributed by atoms with Crippen molar-refractivity contribution in [3.63, 3.8) is 0 Å². The fourth-order valence-electron chi connectivity index (χ4n) is 4.49. The second kappa shape index (κ2) is 10.6. The summed E-state index contributed by atoms with van der Waals surface area (Å²) in [6.07, 6.45) is 8.75. The highest BCUT2D eigenvalue weighted by atomic mass is 16.2. The quantitative estimate of drug-likeness (QED) is 0.389. The van der Waals surface area contributed by atoms with Crippen LogP contribution in [0.5, 0.6) is 0 Å². The van der Waals surface area contributed by atoms with Gasteiger partial charge in [-0.15, -0.1) is 5.10 Å². The van der Waals surface area contributed by atoms with Gasteiger partial charge in [0, 0.05) is 42.8 Å². The van der Waals surface area contributed by atoms with E-state index < -0.39 is 0 Å². The maximum atomic E-state index is 12.9. The predicted octanol–water partition coefficient (Wildman–Crippen LogP) is 3.80. The minimum absolute atomic E-state index is 0.242. The number of nitrogens with one attached hydrogen (secondary N) is 2. The SMILES string of the molecule is CC(C)Nc1cncc(-c2ccc3cnc(NC(=O)c4cn(C5CCN(C(C)C)CC5)nn4)cc3n2)n1. The molecule has 0 atom stereocenters. The molecule has 5 heterocycles. The van der Waals surface area contributed by atoms with Gasteiger partial charge in [0.1, 0.15) is 17.3 Å². The summed E-state index contributed by atoms with van der Waals surface area (Å²) in [6, 6.07) is 6.59. The Morgan fingerprint density at radius 2 is 1.81 bits per heavy atom. The second-order valence-electron chi connectivity index (χ2n) is 9.95. The van der Waals surface area contributed by atoms with Gasteiger partial charge in [-0.3, -0.25) is 9.78 Å². The molecule has 0 spiro atoms. The normalized spacial score (nSPS) is 15.0. The average molecular weight is 501 g/mol. The van der Waals surface area contributed by atoms with Crippen LogP contribution >= 0.6 is 0 Å². The van der Waals surface area contributed by atoms with Gasteiger partial charge in [-0.25, -0.2) is 19.6 Å². The summed E-state index contributed by atoms with van der Waals surface area (Å²) in [4.78, 5) is 33.3. The van der Waals surface area contributed by atoms with Crippen LogP contribution in [0.4, 0.5) is 11.6 Å². The largest absolute Gasteiger partial charge is 0.367 e. The third-order valence-corrected chi connectivity index (χ3v) is 6.50. The number of piperidine rings is 1. The maximum Gasteiger partial charge on any atom is 0.278 e. The van der Waals surface area contributed by atoms with Crippen molar-refractivity contribution in [2.45, 2.75) is 58.7 Å². The molecule has 0 aliphatic carbocycles. The summed E-state index contributed by atoms with van der Waals surface area (Å²) >= 11 is 0. The summed E-state index contributed by atoms with van der Waals surface area (Å²) in [5.74, 6) is 0.728. The average Bonchev–Trinajstić information content (AvgIpc) is 3.39. The summed E-state index contributed by atoms with van der Waals surface area (Å²) in [5, 5.41) is 15.3. The first kappa shape index (κ1) is 24.7. The van der Waals surface area contributed by atoms with Crippen LogP contribution in [0.1, 0.15) is 57.1 Å². The zero-order valence-corrected chi connectivity index (χ0v) is 21.6. The minimum atomic E-state index is -0.354. The van der Waals surface area contributed by atoms with Crippen molar-refractivity contribution < 1.29 is 4.79 Å². The lowest BCUT2D eigenvalue weighted by molar-refractivity contribution is 0.102. The van der Waals surface area contributed by atoms with E-state index in [9.17, 15) is 4.79 Å². The molecule has 2 N–H and O–H groups in total. The number of carbonyl (C=O) groups excluding carboxylic acids is 1. The van der Waals surface area contributed by atoms with Crippen LogP contribution in [0.2, 0.25) is 0 Å². The summed E-state index contributed by atoms with van der Waals surface area (Å²) in [5.41, 5.74) is 2.29. The van der Waals surface area contributed by atoms with Gasteiger partial charge in [-0.1, -0.05) is 5.21 Å². The Morgan fingerprint density at radius 1 is 1.00 bits per heavy atom. The van der Waals surface area contributed by atoms with Crippen LogP contribution in [-0.2, 0) is 0 Å². The number of amides is 1. The second-order valence-corrected chi connectivity index (χ2v) is 9.95. The fraction of sp³-hybridized carbons (Fsp3) is 0.423. The van der Waals surface area contributed by atoms with Crippen molar-refractivity contribution in [1.82, 2.24) is 39.8 Å². The van der Waals surface area contributed by atoms with Crippen LogP contribution in [0, 0.1) is 0 Å². The van der Waals surface area contributed by atoms with E-state index >= 15 is 0 Å². The fourth-order valence-corrected chi connectivity index (χ4v) is 4.49. The zero-order chi connectivity index (χ0) is 25.9. The number of pyridine rings is 2. The van der Waals surface area contributed by atoms with Gasteiger partial charge in [0.2, 0.25) is 0 Å². The molecule has 1 aliphatic rings. The number of nitrogens with zero attached hydrogens (tertiary/aromatic N) is 8. The van der Waals surface area contributed by atoms with E-state index in [1.54, 1.807) is 30.9 Å². The molecule has 1 saturated heterocycles. The molecule has 1 aliphatic heterocycles. The van der Waals surface area contributed by atoms with Crippen molar-refractivity contribution >= 4 is 28.4 Å². The minimum Gasteiger partial charge on any atom is -0.367 e. The summed E-state index contributed by atoms with van der Waals surface area (Å²) in [6.45, 7) is 10.6. The van der Waals surface area contributed by atoms with E-state index in [4.69, 9.17) is 4.98 Å². The van der Waals surface area contributed by atoms with Gasteiger partial charge >= 0.3 is 0 Å². The molecule has 1 fully saturated rings. The predicted molar refractivity (Wildman–Crippen MR) is 142 cm³/mol. The van der Waals surface area contributed by atoms with E-state index in [2.05, 4.69) is 54.6 Å². The number of likely N-dealkylation sites (tertiary alicyclic amines) is 1. The maximum absolute atomic E-state index is 12.9. The Morgan fingerprint density at radius 3 is 2.57 bits per heavy atom. The Bertz CT molecular complexity index is 1390. The van der Waals surface area contributed by atoms with Crippen LogP contribution in [0.25, 0.3) is 22.3 Å². The number of anilines is 2. The zero-order valence-electron chi connectivity index (χ0n) is 21.6. The molecular weight excluding hydrogens is 468 g/mol. The first-order valence-corrected chi connectivity index (χ1v) is 12.7. The molecule has 4 aromatic heterocycles. The molecule has 1 amide bonds. The highest BCUT2D eigenvalue weighted by molar-refractivity contribution is 6.02. The number of hydrogen-bond acceptors (Lipinski definition) is 9. The van der Waals surface area contributed by atoms with Gasteiger partial charge in [-0.05, 0) is 52.7 Å². The molecule has 11 nitrogen and oxygen atoms in total. The third-order valence-electron chi connectivity index (χ3n) is 6.50. The van der Waals surface area contributed by atoms with Crippen LogP contribution in [-0.4, -0.2) is 70.9 Å². The topological polar surface area (TPSA) is 127 Å². The highest BCUT2D eigenvalue weighted by Gasteiger charge is 2.24. The summed E-state index contributed by atoms with van der Waals surface area (Å²) < 4.78 is 1.82. The van der Waals surface area contributed by atoms with E-state index in [0.29, 0.717) is 34.6 Å². The number of carbonyl (C=O) groups is 1. The monoisotopic (exact) mass is 500 g/mol. The Balaban J connectivity index is 1.29. The van der Waals surface area contributed by atoms with Crippen molar-refractivity contribution in [1.29, 1.82) is 0 Å². The summed E-state index contributed by atoms with van der Waals surface area (Å²) in [7, 11) is 0. The molecular formula is C26H32N10O. The van der Waals surface area contributed by atoms with Gasteiger partial charge in [0.25, 0.3) is 5.91 Å². The van der Waals surface area contributed by atoms with E-state index in [1.807, 2.05) is 30.7 Å². The number of fused-ring (bicyclic) bond motifs is 1. The van der Waals surface area contributed by atoms with E-state index in [-0.39, 0.29) is 23.7 Å². The molecule has 4 aromatic rings. The Labute approximate surface area is 215 Å². The third kappa shape index (κ3) is 5.72. The van der Waals surface area contributed by atoms with Gasteiger partial charge in [0.15, 0.2) is 5.69 Å². The van der Waals surface area contributed by atoms with Crippen LogP contribution in [0.15, 0.2) is 43.0 Å². The highest BCUT2D eigenvalue weighted by Crippen LogP contribution is 2.24. The first-order valence-electron chi connectivity index (χ1n) is 12.7. The van der Waals surface area contributed by atoms with Crippen molar-refractivity contribution in [3.05, 3.63) is 48.7 Å². The van der Waals surface area contributed by atoms with E-state index in [1.165, 1.54) is 0 Å². The lowest BCUT2D eigenvalue weighted by Gasteiger charge is -2.34.